The summed E-state index contributed by atoms with van der Waals surface area (Å²) >= 11 is 5.94. The van der Waals surface area contributed by atoms with Gasteiger partial charge in [-0.25, -0.2) is 4.98 Å². The monoisotopic (exact) mass is 396 g/mol. The summed E-state index contributed by atoms with van der Waals surface area (Å²) in [6.07, 6.45) is 1.27. The molecule has 0 spiro atoms. The van der Waals surface area contributed by atoms with Crippen LogP contribution >= 0.6 is 11.6 Å². The van der Waals surface area contributed by atoms with Crippen molar-refractivity contribution in [3.8, 4) is 0 Å². The zero-order valence-corrected chi connectivity index (χ0v) is 15.1. The molecule has 0 atom stereocenters. The SMILES string of the molecule is O=C(Cn1cnc2c(oc3ccccc32)c1=O)NNC(=O)c1ccccc1Cl. The fraction of sp³-hybridized carbons (Fsp3) is 0.0526. The lowest BCUT2D eigenvalue weighted by Crippen LogP contribution is -2.44. The Kier molecular flexibility index (Phi) is 4.54. The topological polar surface area (TPSA) is 106 Å². The van der Waals surface area contributed by atoms with Gasteiger partial charge in [-0.3, -0.25) is 29.8 Å². The number of hydrogen-bond donors (Lipinski definition) is 2. The van der Waals surface area contributed by atoms with Crippen LogP contribution in [0.25, 0.3) is 22.1 Å². The minimum atomic E-state index is -0.611. The first kappa shape index (κ1) is 17.7. The highest BCUT2D eigenvalue weighted by Gasteiger charge is 2.15. The molecule has 0 aliphatic rings. The normalized spacial score (nSPS) is 10.9. The molecule has 2 aromatic carbocycles. The van der Waals surface area contributed by atoms with Crippen molar-refractivity contribution in [2.24, 2.45) is 0 Å². The van der Waals surface area contributed by atoms with Gasteiger partial charge in [0, 0.05) is 5.39 Å². The van der Waals surface area contributed by atoms with E-state index in [2.05, 4.69) is 15.8 Å². The van der Waals surface area contributed by atoms with Crippen molar-refractivity contribution in [2.75, 3.05) is 0 Å². The van der Waals surface area contributed by atoms with E-state index in [0.717, 1.165) is 9.95 Å². The summed E-state index contributed by atoms with van der Waals surface area (Å²) in [6.45, 7) is -0.346. The molecule has 4 aromatic rings. The first-order valence-corrected chi connectivity index (χ1v) is 8.63. The van der Waals surface area contributed by atoms with Gasteiger partial charge in [-0.05, 0) is 24.3 Å². The summed E-state index contributed by atoms with van der Waals surface area (Å²) in [7, 11) is 0. The Hall–Kier alpha value is -3.65. The molecule has 2 amide bonds. The van der Waals surface area contributed by atoms with Crippen molar-refractivity contribution in [1.82, 2.24) is 20.4 Å². The maximum atomic E-state index is 12.6. The number of hydrazine groups is 1. The van der Waals surface area contributed by atoms with Crippen molar-refractivity contribution in [2.45, 2.75) is 6.54 Å². The Morgan fingerprint density at radius 2 is 1.82 bits per heavy atom. The van der Waals surface area contributed by atoms with Gasteiger partial charge in [-0.15, -0.1) is 0 Å². The maximum Gasteiger partial charge on any atom is 0.297 e. The first-order chi connectivity index (χ1) is 13.5. The fourth-order valence-electron chi connectivity index (χ4n) is 2.76. The molecule has 0 saturated heterocycles. The number of hydrogen-bond acceptors (Lipinski definition) is 5. The molecule has 0 aliphatic heterocycles. The molecule has 0 bridgehead atoms. The van der Waals surface area contributed by atoms with E-state index in [-0.39, 0.29) is 22.7 Å². The summed E-state index contributed by atoms with van der Waals surface area (Å²) in [6, 6.07) is 13.6. The zero-order valence-electron chi connectivity index (χ0n) is 14.3. The molecule has 0 saturated carbocycles. The summed E-state index contributed by atoms with van der Waals surface area (Å²) < 4.78 is 6.66. The van der Waals surface area contributed by atoms with Crippen LogP contribution in [0.2, 0.25) is 5.02 Å². The van der Waals surface area contributed by atoms with E-state index in [1.165, 1.54) is 12.4 Å². The second-order valence-corrected chi connectivity index (χ2v) is 6.34. The summed E-state index contributed by atoms with van der Waals surface area (Å²) in [5.41, 5.74) is 5.26. The predicted octanol–water partition coefficient (Wildman–Crippen LogP) is 2.26. The van der Waals surface area contributed by atoms with Gasteiger partial charge in [0.2, 0.25) is 5.58 Å². The third kappa shape index (κ3) is 3.21. The fourth-order valence-corrected chi connectivity index (χ4v) is 2.98. The second kappa shape index (κ2) is 7.16. The molecule has 140 valence electrons. The van der Waals surface area contributed by atoms with Crippen LogP contribution in [0.15, 0.2) is 64.1 Å². The van der Waals surface area contributed by atoms with E-state index in [1.54, 1.807) is 36.4 Å². The molecular formula is C19H13ClN4O4. The third-order valence-electron chi connectivity index (χ3n) is 4.10. The van der Waals surface area contributed by atoms with Gasteiger partial charge in [-0.2, -0.15) is 0 Å². The number of halogens is 1. The molecular weight excluding hydrogens is 384 g/mol. The lowest BCUT2D eigenvalue weighted by Gasteiger charge is -2.09. The van der Waals surface area contributed by atoms with Crippen molar-refractivity contribution in [3.05, 3.63) is 75.8 Å². The molecule has 8 nitrogen and oxygen atoms in total. The van der Waals surface area contributed by atoms with Crippen molar-refractivity contribution < 1.29 is 14.0 Å². The van der Waals surface area contributed by atoms with Crippen LogP contribution in [0.3, 0.4) is 0 Å². The molecule has 28 heavy (non-hydrogen) atoms. The van der Waals surface area contributed by atoms with E-state index in [9.17, 15) is 14.4 Å². The molecule has 0 aliphatic carbocycles. The smallest absolute Gasteiger partial charge is 0.297 e. The summed E-state index contributed by atoms with van der Waals surface area (Å²) in [5.74, 6) is -1.18. The van der Waals surface area contributed by atoms with Crippen LogP contribution in [0.5, 0.6) is 0 Å². The number of aromatic nitrogens is 2. The number of nitrogens with one attached hydrogen (secondary N) is 2. The van der Waals surface area contributed by atoms with Gasteiger partial charge < -0.3 is 4.42 Å². The Morgan fingerprint density at radius 3 is 2.64 bits per heavy atom. The predicted molar refractivity (Wildman–Crippen MR) is 103 cm³/mol. The van der Waals surface area contributed by atoms with Crippen molar-refractivity contribution >= 4 is 45.5 Å². The number of rotatable bonds is 3. The summed E-state index contributed by atoms with van der Waals surface area (Å²) in [5, 5.41) is 0.975. The molecule has 2 aromatic heterocycles. The molecule has 4 rings (SSSR count). The number of nitrogens with zero attached hydrogens (tertiary/aromatic N) is 2. The Balaban J connectivity index is 1.50. The van der Waals surface area contributed by atoms with Gasteiger partial charge in [0.05, 0.1) is 16.9 Å². The van der Waals surface area contributed by atoms with Crippen LogP contribution in [0, 0.1) is 0 Å². The highest BCUT2D eigenvalue weighted by molar-refractivity contribution is 6.33. The minimum Gasteiger partial charge on any atom is -0.448 e. The highest BCUT2D eigenvalue weighted by atomic mass is 35.5. The van der Waals surface area contributed by atoms with E-state index >= 15 is 0 Å². The number of amides is 2. The van der Waals surface area contributed by atoms with E-state index in [0.29, 0.717) is 11.1 Å². The van der Waals surface area contributed by atoms with Crippen LogP contribution in [-0.4, -0.2) is 21.4 Å². The van der Waals surface area contributed by atoms with Gasteiger partial charge in [0.15, 0.2) is 0 Å². The number of furan rings is 1. The number of carbonyl (C=O) groups is 2. The average Bonchev–Trinajstić information content (AvgIpc) is 3.08. The minimum absolute atomic E-state index is 0.0663. The van der Waals surface area contributed by atoms with Gasteiger partial charge in [-0.1, -0.05) is 35.9 Å². The second-order valence-electron chi connectivity index (χ2n) is 5.94. The van der Waals surface area contributed by atoms with E-state index < -0.39 is 17.4 Å². The lowest BCUT2D eigenvalue weighted by atomic mass is 10.2. The lowest BCUT2D eigenvalue weighted by molar-refractivity contribution is -0.122. The Labute approximate surface area is 162 Å². The average molecular weight is 397 g/mol. The number of carbonyl (C=O) groups excluding carboxylic acids is 2. The Morgan fingerprint density at radius 1 is 1.07 bits per heavy atom. The number of para-hydroxylation sites is 1. The van der Waals surface area contributed by atoms with Crippen LogP contribution < -0.4 is 16.4 Å². The number of fused-ring (bicyclic) bond motifs is 3. The molecule has 2 heterocycles. The number of benzene rings is 2. The Bertz CT molecular complexity index is 1280. The van der Waals surface area contributed by atoms with Crippen LogP contribution in [-0.2, 0) is 11.3 Å². The van der Waals surface area contributed by atoms with Crippen molar-refractivity contribution in [1.29, 1.82) is 0 Å². The standard InChI is InChI=1S/C19H13ClN4O4/c20-13-7-3-1-5-11(13)18(26)23-22-15(25)9-24-10-21-16-12-6-2-4-8-14(12)28-17(16)19(24)27/h1-8,10H,9H2,(H,22,25)(H,23,26). The molecule has 0 unspecified atom stereocenters. The van der Waals surface area contributed by atoms with E-state index in [4.69, 9.17) is 16.0 Å². The largest absolute Gasteiger partial charge is 0.448 e. The summed E-state index contributed by atoms with van der Waals surface area (Å²) in [4.78, 5) is 41.0. The molecule has 2 N–H and O–H groups in total. The maximum absolute atomic E-state index is 12.6. The molecule has 9 heteroatoms. The quantitative estimate of drug-likeness (QED) is 0.517. The van der Waals surface area contributed by atoms with Gasteiger partial charge in [0.25, 0.3) is 17.4 Å². The van der Waals surface area contributed by atoms with Crippen LogP contribution in [0.4, 0.5) is 0 Å². The van der Waals surface area contributed by atoms with Crippen LogP contribution in [0.1, 0.15) is 10.4 Å². The van der Waals surface area contributed by atoms with Gasteiger partial charge in [0.1, 0.15) is 17.6 Å². The highest BCUT2D eigenvalue weighted by Crippen LogP contribution is 2.23. The zero-order chi connectivity index (χ0) is 19.7. The molecule has 0 radical (unpaired) electrons. The van der Waals surface area contributed by atoms with Crippen molar-refractivity contribution in [3.63, 3.8) is 0 Å². The van der Waals surface area contributed by atoms with E-state index in [1.807, 2.05) is 6.07 Å². The molecule has 0 fully saturated rings. The third-order valence-corrected chi connectivity index (χ3v) is 4.43. The first-order valence-electron chi connectivity index (χ1n) is 8.25. The van der Waals surface area contributed by atoms with Gasteiger partial charge >= 0.3 is 0 Å².